The molecule has 0 aliphatic carbocycles. The Morgan fingerprint density at radius 2 is 0.775 bits per heavy atom. The second kappa shape index (κ2) is 30.5. The summed E-state index contributed by atoms with van der Waals surface area (Å²) in [5, 5.41) is 0. The maximum atomic E-state index is 5.81. The number of hydrogen-bond donors (Lipinski definition) is 1. The lowest BCUT2D eigenvalue weighted by molar-refractivity contribution is -0.0236. The van der Waals surface area contributed by atoms with Crippen LogP contribution >= 0.6 is 0 Å². The molecule has 234 valence electrons. The molecule has 1 aromatic rings. The van der Waals surface area contributed by atoms with E-state index in [0.717, 1.165) is 13.0 Å². The summed E-state index contributed by atoms with van der Waals surface area (Å²) in [7, 11) is 0. The Hall–Kier alpha value is -1.50. The molecule has 0 bridgehead atoms. The number of nitrogens with two attached hydrogens (primary N) is 1. The molecule has 0 radical (unpaired) electrons. The summed E-state index contributed by atoms with van der Waals surface area (Å²) < 4.78 is 49.5. The Labute approximate surface area is 242 Å². The average molecular weight is 574 g/mol. The molecule has 10 nitrogen and oxygen atoms in total. The quantitative estimate of drug-likeness (QED) is 0.0998. The van der Waals surface area contributed by atoms with Crippen LogP contribution in [0.5, 0.6) is 5.75 Å². The molecular weight excluding hydrogens is 518 g/mol. The van der Waals surface area contributed by atoms with Crippen molar-refractivity contribution >= 4 is 5.69 Å². The molecule has 40 heavy (non-hydrogen) atoms. The van der Waals surface area contributed by atoms with Crippen LogP contribution in [0.3, 0.4) is 0 Å². The first-order valence-electron chi connectivity index (χ1n) is 14.9. The van der Waals surface area contributed by atoms with Crippen LogP contribution in [0, 0.1) is 0 Å². The van der Waals surface area contributed by atoms with Crippen molar-refractivity contribution in [2.75, 3.05) is 118 Å². The molecule has 0 fully saturated rings. The van der Waals surface area contributed by atoms with E-state index < -0.39 is 0 Å². The fourth-order valence-corrected chi connectivity index (χ4v) is 3.45. The SMILES string of the molecule is CCCCCCCCOCCOCCOCCOCCOCCOCCOCCOCCOc1ccccc1N. The van der Waals surface area contributed by atoms with Crippen LogP contribution in [0.25, 0.3) is 0 Å². The van der Waals surface area contributed by atoms with Crippen molar-refractivity contribution in [2.24, 2.45) is 0 Å². The number of benzene rings is 1. The lowest BCUT2D eigenvalue weighted by atomic mass is 10.1. The molecule has 0 aromatic heterocycles. The van der Waals surface area contributed by atoms with Gasteiger partial charge in [-0.2, -0.15) is 0 Å². The van der Waals surface area contributed by atoms with Crippen molar-refractivity contribution < 1.29 is 42.6 Å². The van der Waals surface area contributed by atoms with Crippen LogP contribution in [0.4, 0.5) is 5.69 Å². The van der Waals surface area contributed by atoms with Crippen LogP contribution in [-0.4, -0.2) is 112 Å². The van der Waals surface area contributed by atoms with Crippen LogP contribution in [-0.2, 0) is 37.9 Å². The van der Waals surface area contributed by atoms with Gasteiger partial charge < -0.3 is 48.4 Å². The molecule has 0 spiro atoms. The van der Waals surface area contributed by atoms with Crippen molar-refractivity contribution in [1.82, 2.24) is 0 Å². The molecule has 0 heterocycles. The number of ether oxygens (including phenoxy) is 9. The Morgan fingerprint density at radius 1 is 0.425 bits per heavy atom. The highest BCUT2D eigenvalue weighted by Gasteiger charge is 1.99. The first kappa shape index (κ1) is 36.5. The smallest absolute Gasteiger partial charge is 0.142 e. The molecule has 2 N–H and O–H groups in total. The summed E-state index contributed by atoms with van der Waals surface area (Å²) in [6.45, 7) is 11.6. The number of hydrogen-bond acceptors (Lipinski definition) is 10. The second-order valence-electron chi connectivity index (χ2n) is 9.05. The summed E-state index contributed by atoms with van der Waals surface area (Å²) in [6, 6.07) is 7.40. The first-order chi connectivity index (χ1) is 19.8. The summed E-state index contributed by atoms with van der Waals surface area (Å²) in [6.07, 6.45) is 7.69. The van der Waals surface area contributed by atoms with Gasteiger partial charge in [0.05, 0.1) is 105 Å². The van der Waals surface area contributed by atoms with Gasteiger partial charge in [-0.15, -0.1) is 0 Å². The van der Waals surface area contributed by atoms with E-state index in [1.54, 1.807) is 6.07 Å². The fraction of sp³-hybridized carbons (Fsp3) is 0.800. The molecule has 0 saturated heterocycles. The zero-order valence-electron chi connectivity index (χ0n) is 24.8. The third-order valence-corrected chi connectivity index (χ3v) is 5.65. The predicted molar refractivity (Wildman–Crippen MR) is 156 cm³/mol. The van der Waals surface area contributed by atoms with Crippen LogP contribution in [0.1, 0.15) is 45.4 Å². The number of unbranched alkanes of at least 4 members (excludes halogenated alkanes) is 5. The minimum absolute atomic E-state index is 0.446. The molecular formula is C30H55NO9. The number of para-hydroxylation sites is 2. The van der Waals surface area contributed by atoms with Crippen molar-refractivity contribution in [2.45, 2.75) is 45.4 Å². The molecule has 1 rings (SSSR count). The Bertz CT molecular complexity index is 639. The molecule has 0 saturated carbocycles. The van der Waals surface area contributed by atoms with Crippen molar-refractivity contribution in [3.05, 3.63) is 24.3 Å². The number of nitrogen functional groups attached to an aromatic ring is 1. The minimum atomic E-state index is 0.446. The van der Waals surface area contributed by atoms with E-state index >= 15 is 0 Å². The predicted octanol–water partition coefficient (Wildman–Crippen LogP) is 4.14. The van der Waals surface area contributed by atoms with Gasteiger partial charge in [0.15, 0.2) is 0 Å². The second-order valence-corrected chi connectivity index (χ2v) is 9.05. The van der Waals surface area contributed by atoms with Gasteiger partial charge in [-0.3, -0.25) is 0 Å². The molecule has 1 aromatic carbocycles. The van der Waals surface area contributed by atoms with Gasteiger partial charge in [-0.25, -0.2) is 0 Å². The van der Waals surface area contributed by atoms with E-state index in [1.807, 2.05) is 18.2 Å². The fourth-order valence-electron chi connectivity index (χ4n) is 3.45. The molecule has 0 unspecified atom stereocenters. The van der Waals surface area contributed by atoms with E-state index in [9.17, 15) is 0 Å². The van der Waals surface area contributed by atoms with Crippen LogP contribution < -0.4 is 10.5 Å². The van der Waals surface area contributed by atoms with E-state index in [2.05, 4.69) is 6.92 Å². The zero-order valence-corrected chi connectivity index (χ0v) is 24.8. The van der Waals surface area contributed by atoms with Gasteiger partial charge in [0, 0.05) is 6.61 Å². The molecule has 0 atom stereocenters. The summed E-state index contributed by atoms with van der Waals surface area (Å²) in [5.41, 5.74) is 6.44. The van der Waals surface area contributed by atoms with Gasteiger partial charge in [-0.1, -0.05) is 51.2 Å². The van der Waals surface area contributed by atoms with Crippen molar-refractivity contribution in [3.63, 3.8) is 0 Å². The highest BCUT2D eigenvalue weighted by atomic mass is 16.6. The Morgan fingerprint density at radius 3 is 1.20 bits per heavy atom. The molecule has 0 aliphatic heterocycles. The molecule has 10 heteroatoms. The third kappa shape index (κ3) is 25.5. The molecule has 0 amide bonds. The topological polar surface area (TPSA) is 109 Å². The first-order valence-corrected chi connectivity index (χ1v) is 14.9. The average Bonchev–Trinajstić information content (AvgIpc) is 2.97. The highest BCUT2D eigenvalue weighted by Crippen LogP contribution is 2.19. The zero-order chi connectivity index (χ0) is 28.6. The summed E-state index contributed by atoms with van der Waals surface area (Å²) >= 11 is 0. The van der Waals surface area contributed by atoms with Crippen molar-refractivity contribution in [1.29, 1.82) is 0 Å². The normalized spacial score (nSPS) is 11.3. The van der Waals surface area contributed by atoms with E-state index in [1.165, 1.54) is 32.1 Å². The summed E-state index contributed by atoms with van der Waals surface area (Å²) in [4.78, 5) is 0. The third-order valence-electron chi connectivity index (χ3n) is 5.65. The van der Waals surface area contributed by atoms with Gasteiger partial charge in [-0.05, 0) is 18.6 Å². The largest absolute Gasteiger partial charge is 0.489 e. The van der Waals surface area contributed by atoms with Crippen LogP contribution in [0.15, 0.2) is 24.3 Å². The maximum absolute atomic E-state index is 5.81. The lowest BCUT2D eigenvalue weighted by Gasteiger charge is -2.09. The van der Waals surface area contributed by atoms with E-state index in [4.69, 9.17) is 48.4 Å². The minimum Gasteiger partial charge on any atom is -0.489 e. The molecule has 0 aliphatic rings. The number of anilines is 1. The monoisotopic (exact) mass is 573 g/mol. The highest BCUT2D eigenvalue weighted by molar-refractivity contribution is 5.51. The van der Waals surface area contributed by atoms with Gasteiger partial charge in [0.25, 0.3) is 0 Å². The van der Waals surface area contributed by atoms with Crippen LogP contribution in [0.2, 0.25) is 0 Å². The maximum Gasteiger partial charge on any atom is 0.142 e. The van der Waals surface area contributed by atoms with Gasteiger partial charge in [0.1, 0.15) is 12.4 Å². The number of rotatable bonds is 32. The van der Waals surface area contributed by atoms with Gasteiger partial charge >= 0.3 is 0 Å². The Balaban J connectivity index is 1.64. The summed E-state index contributed by atoms with van der Waals surface area (Å²) in [5.74, 6) is 0.675. The van der Waals surface area contributed by atoms with E-state index in [0.29, 0.717) is 117 Å². The van der Waals surface area contributed by atoms with E-state index in [-0.39, 0.29) is 0 Å². The van der Waals surface area contributed by atoms with Gasteiger partial charge in [0.2, 0.25) is 0 Å². The Kier molecular flexibility index (Phi) is 27.8. The standard InChI is InChI=1S/C30H55NO9/c1-2-3-4-5-6-9-12-32-13-14-33-15-16-34-17-18-35-19-20-36-21-22-37-23-24-38-25-26-39-27-28-40-30-11-8-7-10-29(30)31/h7-8,10-11H,2-6,9,12-28,31H2,1H3. The van der Waals surface area contributed by atoms with Crippen molar-refractivity contribution in [3.8, 4) is 5.75 Å². The lowest BCUT2D eigenvalue weighted by Crippen LogP contribution is -2.15.